The number of H-pyrrole nitrogens is 1. The fourth-order valence-electron chi connectivity index (χ4n) is 2.15. The van der Waals surface area contributed by atoms with Crippen LogP contribution in [0.15, 0.2) is 28.9 Å². The molecule has 0 saturated heterocycles. The summed E-state index contributed by atoms with van der Waals surface area (Å²) < 4.78 is 3.90. The van der Waals surface area contributed by atoms with Crippen LogP contribution < -0.4 is 0 Å². The first-order chi connectivity index (χ1) is 9.06. The molecule has 1 N–H and O–H groups in total. The van der Waals surface area contributed by atoms with Gasteiger partial charge in [-0.25, -0.2) is 4.98 Å². The molecule has 0 bridgehead atoms. The van der Waals surface area contributed by atoms with Gasteiger partial charge in [0.25, 0.3) is 0 Å². The standard InChI is InChI=1S/C13H12BrN3S2/c1-7-6-15-12(19-7)8(2)17-11-5-9(14)3-4-10(11)16-13(17)18/h3-6,8H,1-2H3,(H,16,18). The lowest BCUT2D eigenvalue weighted by atomic mass is 10.3. The van der Waals surface area contributed by atoms with Crippen LogP contribution in [0.25, 0.3) is 11.0 Å². The molecule has 1 aromatic carbocycles. The van der Waals surface area contributed by atoms with Gasteiger partial charge in [0.1, 0.15) is 5.01 Å². The topological polar surface area (TPSA) is 33.6 Å². The maximum Gasteiger partial charge on any atom is 0.178 e. The van der Waals surface area contributed by atoms with Crippen LogP contribution in [-0.2, 0) is 0 Å². The summed E-state index contributed by atoms with van der Waals surface area (Å²) in [6.45, 7) is 4.20. The SMILES string of the molecule is Cc1cnc(C(C)n2c(=S)[nH]c3ccc(Br)cc32)s1. The average Bonchev–Trinajstić information content (AvgIpc) is 2.91. The second-order valence-electron chi connectivity index (χ2n) is 4.45. The maximum atomic E-state index is 5.45. The quantitative estimate of drug-likeness (QED) is 0.669. The number of nitrogens with zero attached hydrogens (tertiary/aromatic N) is 2. The van der Waals surface area contributed by atoms with Crippen molar-refractivity contribution in [2.24, 2.45) is 0 Å². The highest BCUT2D eigenvalue weighted by atomic mass is 79.9. The van der Waals surface area contributed by atoms with Crippen molar-refractivity contribution in [1.82, 2.24) is 14.5 Å². The molecular weight excluding hydrogens is 342 g/mol. The molecule has 0 aliphatic heterocycles. The maximum absolute atomic E-state index is 5.45. The number of imidazole rings is 1. The van der Waals surface area contributed by atoms with Gasteiger partial charge in [-0.3, -0.25) is 0 Å². The third-order valence-corrected chi connectivity index (χ3v) is 4.94. The number of thiazole rings is 1. The van der Waals surface area contributed by atoms with Crippen LogP contribution in [0.2, 0.25) is 0 Å². The summed E-state index contributed by atoms with van der Waals surface area (Å²) in [7, 11) is 0. The molecule has 2 aromatic heterocycles. The third kappa shape index (κ3) is 2.28. The highest BCUT2D eigenvalue weighted by Crippen LogP contribution is 2.28. The van der Waals surface area contributed by atoms with Gasteiger partial charge in [0.15, 0.2) is 4.77 Å². The molecule has 0 spiro atoms. The van der Waals surface area contributed by atoms with E-state index in [1.54, 1.807) is 11.3 Å². The summed E-state index contributed by atoms with van der Waals surface area (Å²) in [5.41, 5.74) is 2.15. The molecule has 0 radical (unpaired) electrons. The third-order valence-electron chi connectivity index (χ3n) is 3.06. The van der Waals surface area contributed by atoms with Crippen molar-refractivity contribution in [2.45, 2.75) is 19.9 Å². The number of rotatable bonds is 2. The summed E-state index contributed by atoms with van der Waals surface area (Å²) in [5, 5.41) is 1.08. The molecule has 3 aromatic rings. The van der Waals surface area contributed by atoms with Crippen LogP contribution in [0, 0.1) is 11.7 Å². The van der Waals surface area contributed by atoms with E-state index in [4.69, 9.17) is 12.2 Å². The van der Waals surface area contributed by atoms with Crippen LogP contribution >= 0.6 is 39.5 Å². The predicted octanol–water partition coefficient (Wildman–Crippen LogP) is 4.84. The van der Waals surface area contributed by atoms with Crippen molar-refractivity contribution in [3.05, 3.63) is 43.5 Å². The Balaban J connectivity index is 2.21. The van der Waals surface area contributed by atoms with Crippen molar-refractivity contribution in [1.29, 1.82) is 0 Å². The van der Waals surface area contributed by atoms with Crippen molar-refractivity contribution in [3.8, 4) is 0 Å². The molecule has 0 amide bonds. The van der Waals surface area contributed by atoms with Gasteiger partial charge in [-0.1, -0.05) is 15.9 Å². The zero-order chi connectivity index (χ0) is 13.6. The second-order valence-corrected chi connectivity index (χ2v) is 7.02. The van der Waals surface area contributed by atoms with Gasteiger partial charge in [0, 0.05) is 15.5 Å². The Morgan fingerprint density at radius 3 is 2.95 bits per heavy atom. The number of aromatic nitrogens is 3. The Hall–Kier alpha value is -0.980. The van der Waals surface area contributed by atoms with Gasteiger partial charge >= 0.3 is 0 Å². The molecule has 19 heavy (non-hydrogen) atoms. The molecule has 0 fully saturated rings. The summed E-state index contributed by atoms with van der Waals surface area (Å²) in [6.07, 6.45) is 1.91. The monoisotopic (exact) mass is 353 g/mol. The normalized spacial score (nSPS) is 13.0. The Morgan fingerprint density at radius 1 is 1.47 bits per heavy atom. The summed E-state index contributed by atoms with van der Waals surface area (Å²) >= 11 is 10.7. The van der Waals surface area contributed by atoms with E-state index in [1.807, 2.05) is 18.3 Å². The van der Waals surface area contributed by atoms with E-state index in [9.17, 15) is 0 Å². The van der Waals surface area contributed by atoms with E-state index in [2.05, 4.69) is 50.4 Å². The Bertz CT molecular complexity index is 800. The van der Waals surface area contributed by atoms with Gasteiger partial charge < -0.3 is 9.55 Å². The van der Waals surface area contributed by atoms with Gasteiger partial charge in [0.2, 0.25) is 0 Å². The number of halogens is 1. The number of fused-ring (bicyclic) bond motifs is 1. The highest BCUT2D eigenvalue weighted by molar-refractivity contribution is 9.10. The first-order valence-corrected chi connectivity index (χ1v) is 7.90. The van der Waals surface area contributed by atoms with Gasteiger partial charge in [-0.15, -0.1) is 11.3 Å². The first-order valence-electron chi connectivity index (χ1n) is 5.88. The van der Waals surface area contributed by atoms with Crippen LogP contribution in [0.3, 0.4) is 0 Å². The molecular formula is C13H12BrN3S2. The molecule has 0 aliphatic rings. The Kier molecular flexibility index (Phi) is 3.32. The minimum absolute atomic E-state index is 0.134. The van der Waals surface area contributed by atoms with Crippen molar-refractivity contribution in [2.75, 3.05) is 0 Å². The van der Waals surface area contributed by atoms with E-state index in [0.29, 0.717) is 0 Å². The number of nitrogens with one attached hydrogen (secondary N) is 1. The molecule has 1 unspecified atom stereocenters. The van der Waals surface area contributed by atoms with Gasteiger partial charge in [-0.05, 0) is 44.3 Å². The summed E-state index contributed by atoms with van der Waals surface area (Å²) in [5.74, 6) is 0. The molecule has 3 rings (SSSR count). The van der Waals surface area contributed by atoms with Crippen LogP contribution in [-0.4, -0.2) is 14.5 Å². The van der Waals surface area contributed by atoms with Crippen molar-refractivity contribution in [3.63, 3.8) is 0 Å². The van der Waals surface area contributed by atoms with Crippen LogP contribution in [0.1, 0.15) is 22.9 Å². The van der Waals surface area contributed by atoms with E-state index in [0.717, 1.165) is 25.3 Å². The summed E-state index contributed by atoms with van der Waals surface area (Å²) in [4.78, 5) is 8.93. The zero-order valence-electron chi connectivity index (χ0n) is 10.5. The van der Waals surface area contributed by atoms with E-state index < -0.39 is 0 Å². The Morgan fingerprint density at radius 2 is 2.26 bits per heavy atom. The summed E-state index contributed by atoms with van der Waals surface area (Å²) in [6, 6.07) is 6.26. The minimum Gasteiger partial charge on any atom is -0.331 e. The predicted molar refractivity (Wildman–Crippen MR) is 85.5 cm³/mol. The van der Waals surface area contributed by atoms with Crippen molar-refractivity contribution < 1.29 is 0 Å². The molecule has 0 saturated carbocycles. The number of aryl methyl sites for hydroxylation is 1. The van der Waals surface area contributed by atoms with Crippen LogP contribution in [0.5, 0.6) is 0 Å². The first kappa shape index (κ1) is 13.0. The van der Waals surface area contributed by atoms with E-state index in [1.165, 1.54) is 4.88 Å². The second kappa shape index (κ2) is 4.85. The Labute approximate surface area is 128 Å². The molecule has 0 aliphatic carbocycles. The fraction of sp³-hybridized carbons (Fsp3) is 0.231. The number of hydrogen-bond donors (Lipinski definition) is 1. The largest absolute Gasteiger partial charge is 0.331 e. The minimum atomic E-state index is 0.134. The van der Waals surface area contributed by atoms with E-state index in [-0.39, 0.29) is 6.04 Å². The molecule has 2 heterocycles. The highest BCUT2D eigenvalue weighted by Gasteiger charge is 2.16. The number of aromatic amines is 1. The number of hydrogen-bond acceptors (Lipinski definition) is 3. The molecule has 1 atom stereocenters. The smallest absolute Gasteiger partial charge is 0.178 e. The zero-order valence-corrected chi connectivity index (χ0v) is 13.7. The molecule has 6 heteroatoms. The fourth-order valence-corrected chi connectivity index (χ4v) is 3.69. The average molecular weight is 354 g/mol. The lowest BCUT2D eigenvalue weighted by molar-refractivity contribution is 0.644. The lowest BCUT2D eigenvalue weighted by Gasteiger charge is -2.11. The number of benzene rings is 1. The molecule has 3 nitrogen and oxygen atoms in total. The molecule has 98 valence electrons. The van der Waals surface area contributed by atoms with E-state index >= 15 is 0 Å². The lowest BCUT2D eigenvalue weighted by Crippen LogP contribution is -2.06. The van der Waals surface area contributed by atoms with Gasteiger partial charge in [-0.2, -0.15) is 0 Å². The van der Waals surface area contributed by atoms with Gasteiger partial charge in [0.05, 0.1) is 17.1 Å². The van der Waals surface area contributed by atoms with Crippen molar-refractivity contribution >= 4 is 50.5 Å². The van der Waals surface area contributed by atoms with Crippen LogP contribution in [0.4, 0.5) is 0 Å².